The van der Waals surface area contributed by atoms with Gasteiger partial charge in [-0.25, -0.2) is 9.50 Å². The van der Waals surface area contributed by atoms with Gasteiger partial charge >= 0.3 is 0 Å². The van der Waals surface area contributed by atoms with E-state index < -0.39 is 0 Å². The maximum atomic E-state index is 11.9. The van der Waals surface area contributed by atoms with Crippen molar-refractivity contribution in [3.8, 4) is 0 Å². The van der Waals surface area contributed by atoms with E-state index in [-0.39, 0.29) is 11.8 Å². The fraction of sp³-hybridized carbons (Fsp3) is 0.250. The summed E-state index contributed by atoms with van der Waals surface area (Å²) in [6.45, 7) is 5.97. The summed E-state index contributed by atoms with van der Waals surface area (Å²) in [6, 6.07) is 7.72. The van der Waals surface area contributed by atoms with Gasteiger partial charge in [-0.05, 0) is 55.2 Å². The number of aromatic nitrogens is 6. The summed E-state index contributed by atoms with van der Waals surface area (Å²) in [5.74, 6) is 1.50. The lowest BCUT2D eigenvalue weighted by Gasteiger charge is -2.04. The van der Waals surface area contributed by atoms with E-state index >= 15 is 0 Å². The molecule has 1 aliphatic carbocycles. The minimum absolute atomic E-state index is 0.0341. The maximum absolute atomic E-state index is 11.9. The largest absolute Gasteiger partial charge is 0.309 e. The molecule has 0 bridgehead atoms. The van der Waals surface area contributed by atoms with Crippen molar-refractivity contribution < 1.29 is 4.79 Å². The molecular weight excluding hydrogens is 354 g/mol. The molecule has 0 atom stereocenters. The third-order valence-corrected chi connectivity index (χ3v) is 4.88. The fourth-order valence-corrected chi connectivity index (χ4v) is 3.12. The molecule has 0 aromatic carbocycles. The van der Waals surface area contributed by atoms with Gasteiger partial charge in [0.05, 0.1) is 18.3 Å². The number of pyridine rings is 1. The van der Waals surface area contributed by atoms with E-state index in [1.165, 1.54) is 0 Å². The van der Waals surface area contributed by atoms with E-state index in [9.17, 15) is 4.79 Å². The Balaban J connectivity index is 1.43. The van der Waals surface area contributed by atoms with Crippen LogP contribution in [0.15, 0.2) is 43.2 Å². The van der Waals surface area contributed by atoms with Crippen LogP contribution in [0.2, 0.25) is 0 Å². The van der Waals surface area contributed by atoms with Crippen LogP contribution < -0.4 is 5.32 Å². The van der Waals surface area contributed by atoms with E-state index in [4.69, 9.17) is 0 Å². The second kappa shape index (κ2) is 6.26. The highest BCUT2D eigenvalue weighted by molar-refractivity contribution is 5.93. The number of carbonyl (C=O) groups is 1. The molecule has 1 amide bonds. The zero-order valence-electron chi connectivity index (χ0n) is 15.5. The van der Waals surface area contributed by atoms with E-state index in [0.717, 1.165) is 41.1 Å². The van der Waals surface area contributed by atoms with Gasteiger partial charge in [-0.3, -0.25) is 9.20 Å². The zero-order valence-corrected chi connectivity index (χ0v) is 15.5. The molecule has 1 N–H and O–H groups in total. The van der Waals surface area contributed by atoms with Gasteiger partial charge in [-0.15, -0.1) is 10.2 Å². The van der Waals surface area contributed by atoms with Crippen LogP contribution >= 0.6 is 0 Å². The Kier molecular flexibility index (Phi) is 3.71. The summed E-state index contributed by atoms with van der Waals surface area (Å²) >= 11 is 0. The molecule has 1 aliphatic rings. The zero-order chi connectivity index (χ0) is 19.3. The minimum Gasteiger partial charge on any atom is -0.309 e. The van der Waals surface area contributed by atoms with E-state index in [2.05, 4.69) is 32.2 Å². The number of hydrogen-bond donors (Lipinski definition) is 1. The first kappa shape index (κ1) is 16.6. The predicted molar refractivity (Wildman–Crippen MR) is 105 cm³/mol. The predicted octanol–water partition coefficient (Wildman–Crippen LogP) is 2.74. The van der Waals surface area contributed by atoms with Crippen LogP contribution in [0.1, 0.15) is 36.8 Å². The Bertz CT molecular complexity index is 1230. The smallest absolute Gasteiger partial charge is 0.228 e. The second-order valence-corrected chi connectivity index (χ2v) is 7.24. The van der Waals surface area contributed by atoms with Crippen LogP contribution in [-0.2, 0) is 11.2 Å². The van der Waals surface area contributed by atoms with Gasteiger partial charge in [0.25, 0.3) is 0 Å². The molecule has 0 saturated heterocycles. The molecule has 28 heavy (non-hydrogen) atoms. The first-order chi connectivity index (χ1) is 13.6. The number of hydrogen-bond acceptors (Lipinski definition) is 5. The Hall–Kier alpha value is -3.55. The number of allylic oxidation sites excluding steroid dienone is 1. The Morgan fingerprint density at radius 1 is 1.18 bits per heavy atom. The van der Waals surface area contributed by atoms with Crippen molar-refractivity contribution in [3.63, 3.8) is 0 Å². The van der Waals surface area contributed by atoms with Crippen molar-refractivity contribution in [1.82, 2.24) is 29.2 Å². The number of fused-ring (bicyclic) bond motifs is 2. The molecule has 1 fully saturated rings. The lowest BCUT2D eigenvalue weighted by atomic mass is 10.1. The Labute approximate surface area is 160 Å². The molecule has 4 aromatic heterocycles. The van der Waals surface area contributed by atoms with Crippen molar-refractivity contribution in [3.05, 3.63) is 60.3 Å². The normalized spacial score (nSPS) is 13.9. The molecular formula is C20H19N7O. The van der Waals surface area contributed by atoms with E-state index in [0.29, 0.717) is 17.9 Å². The molecule has 1 saturated carbocycles. The molecule has 4 aromatic rings. The lowest BCUT2D eigenvalue weighted by molar-refractivity contribution is -0.117. The topological polar surface area (TPSA) is 89.5 Å². The molecule has 0 aliphatic heterocycles. The number of anilines is 1. The first-order valence-corrected chi connectivity index (χ1v) is 9.22. The molecule has 0 radical (unpaired) electrons. The quantitative estimate of drug-likeness (QED) is 0.581. The number of carbonyl (C=O) groups excluding carboxylic acids is 1. The molecule has 4 heterocycles. The van der Waals surface area contributed by atoms with Crippen molar-refractivity contribution in [2.45, 2.75) is 26.2 Å². The van der Waals surface area contributed by atoms with Gasteiger partial charge in [0.2, 0.25) is 5.91 Å². The van der Waals surface area contributed by atoms with Crippen LogP contribution in [0.4, 0.5) is 5.82 Å². The summed E-state index contributed by atoms with van der Waals surface area (Å²) < 4.78 is 3.64. The van der Waals surface area contributed by atoms with Crippen LogP contribution in [-0.4, -0.2) is 35.1 Å². The van der Waals surface area contributed by atoms with Crippen LogP contribution in [0, 0.1) is 5.92 Å². The van der Waals surface area contributed by atoms with Gasteiger partial charge < -0.3 is 5.32 Å². The van der Waals surface area contributed by atoms with Crippen molar-refractivity contribution >= 4 is 28.6 Å². The number of nitrogens with zero attached hydrogens (tertiary/aromatic N) is 6. The van der Waals surface area contributed by atoms with Gasteiger partial charge in [-0.2, -0.15) is 5.10 Å². The van der Waals surface area contributed by atoms with Gasteiger partial charge in [-0.1, -0.05) is 6.58 Å². The lowest BCUT2D eigenvalue weighted by Crippen LogP contribution is -2.13. The number of imidazole rings is 1. The number of nitrogens with one attached hydrogen (secondary N) is 1. The highest BCUT2D eigenvalue weighted by Crippen LogP contribution is 2.30. The highest BCUT2D eigenvalue weighted by atomic mass is 16.2. The van der Waals surface area contributed by atoms with Gasteiger partial charge in [0.15, 0.2) is 17.1 Å². The van der Waals surface area contributed by atoms with E-state index in [1.807, 2.05) is 41.8 Å². The molecule has 0 spiro atoms. The van der Waals surface area contributed by atoms with Crippen LogP contribution in [0.25, 0.3) is 16.9 Å². The monoisotopic (exact) mass is 373 g/mol. The number of amides is 1. The number of rotatable bonds is 5. The summed E-state index contributed by atoms with van der Waals surface area (Å²) in [5, 5.41) is 16.0. The summed E-state index contributed by atoms with van der Waals surface area (Å²) in [4.78, 5) is 16.3. The fourth-order valence-electron chi connectivity index (χ4n) is 3.12. The molecule has 5 rings (SSSR count). The summed E-state index contributed by atoms with van der Waals surface area (Å²) in [7, 11) is 0. The Morgan fingerprint density at radius 2 is 2.00 bits per heavy atom. The minimum atomic E-state index is 0.0341. The molecule has 8 nitrogen and oxygen atoms in total. The van der Waals surface area contributed by atoms with Crippen LogP contribution in [0.3, 0.4) is 0 Å². The van der Waals surface area contributed by atoms with E-state index in [1.54, 1.807) is 10.7 Å². The van der Waals surface area contributed by atoms with Crippen molar-refractivity contribution in [2.75, 3.05) is 5.32 Å². The maximum Gasteiger partial charge on any atom is 0.228 e. The first-order valence-electron chi connectivity index (χ1n) is 9.22. The molecule has 8 heteroatoms. The van der Waals surface area contributed by atoms with Gasteiger partial charge in [0.1, 0.15) is 5.82 Å². The standard InChI is InChI=1S/C20H19N7O/c1-12(2)14-5-7-18-23-24-19(26(18)10-14)9-15-6-8-17-21-16(11-27(17)25-15)22-20(28)13-3-4-13/h5-8,10-11,13H,1,3-4,9H2,2H3,(H,22,28). The van der Waals surface area contributed by atoms with Crippen molar-refractivity contribution in [2.24, 2.45) is 5.92 Å². The third-order valence-electron chi connectivity index (χ3n) is 4.88. The third kappa shape index (κ3) is 3.02. The average Bonchev–Trinajstić information content (AvgIpc) is 3.35. The summed E-state index contributed by atoms with van der Waals surface area (Å²) in [5.41, 5.74) is 4.34. The van der Waals surface area contributed by atoms with Gasteiger partial charge in [0, 0.05) is 12.1 Å². The highest BCUT2D eigenvalue weighted by Gasteiger charge is 2.30. The SMILES string of the molecule is C=C(C)c1ccc2nnc(Cc3ccc4nc(NC(=O)C5CC5)cn4n3)n2c1. The molecule has 0 unspecified atom stereocenters. The molecule has 140 valence electrons. The summed E-state index contributed by atoms with van der Waals surface area (Å²) in [6.07, 6.45) is 6.18. The van der Waals surface area contributed by atoms with Crippen molar-refractivity contribution in [1.29, 1.82) is 0 Å². The van der Waals surface area contributed by atoms with Crippen LogP contribution in [0.5, 0.6) is 0 Å². The second-order valence-electron chi connectivity index (χ2n) is 7.24. The average molecular weight is 373 g/mol. The Morgan fingerprint density at radius 3 is 2.79 bits per heavy atom.